The molecule has 3 aromatic rings. The Labute approximate surface area is 243 Å². The van der Waals surface area contributed by atoms with E-state index in [4.69, 9.17) is 0 Å². The quantitative estimate of drug-likeness (QED) is 0.195. The lowest BCUT2D eigenvalue weighted by atomic mass is 9.77. The van der Waals surface area contributed by atoms with Gasteiger partial charge in [-0.25, -0.2) is 0 Å². The highest BCUT2D eigenvalue weighted by Crippen LogP contribution is 2.39. The number of unbranched alkanes of at least 4 members (excludes halogenated alkanes) is 3. The van der Waals surface area contributed by atoms with Crippen LogP contribution in [0.4, 0.5) is 0 Å². The summed E-state index contributed by atoms with van der Waals surface area (Å²) in [6.45, 7) is 4.35. The monoisotopic (exact) mass is 538 g/mol. The van der Waals surface area contributed by atoms with E-state index in [9.17, 15) is 9.90 Å². The number of hydrogen-bond acceptors (Lipinski definition) is 1. The maximum atomic E-state index is 11.4. The van der Waals surface area contributed by atoms with Crippen molar-refractivity contribution in [1.29, 1.82) is 0 Å². The zero-order valence-corrected chi connectivity index (χ0v) is 24.9. The van der Waals surface area contributed by atoms with Crippen LogP contribution in [0.3, 0.4) is 0 Å². The fourth-order valence-electron chi connectivity index (χ4n) is 6.71. The van der Waals surface area contributed by atoms with Crippen LogP contribution in [0.5, 0.6) is 0 Å². The summed E-state index contributed by atoms with van der Waals surface area (Å²) in [7, 11) is 0. The number of aliphatic carboxylic acids is 1. The molecule has 0 amide bonds. The van der Waals surface area contributed by atoms with Crippen LogP contribution in [0.15, 0.2) is 72.8 Å². The molecule has 3 aromatic carbocycles. The number of carboxylic acids is 1. The van der Waals surface area contributed by atoms with Crippen molar-refractivity contribution in [2.45, 2.75) is 110 Å². The van der Waals surface area contributed by atoms with E-state index in [0.29, 0.717) is 0 Å². The van der Waals surface area contributed by atoms with E-state index in [0.717, 1.165) is 43.9 Å². The van der Waals surface area contributed by atoms with Gasteiger partial charge in [-0.3, -0.25) is 4.79 Å². The van der Waals surface area contributed by atoms with E-state index in [1.54, 1.807) is 0 Å². The smallest absolute Gasteiger partial charge is 0.306 e. The third-order valence-corrected chi connectivity index (χ3v) is 9.20. The zero-order chi connectivity index (χ0) is 28.2. The summed E-state index contributed by atoms with van der Waals surface area (Å²) in [5, 5.41) is 9.41. The van der Waals surface area contributed by atoms with Crippen LogP contribution in [0.1, 0.15) is 114 Å². The van der Waals surface area contributed by atoms with Gasteiger partial charge in [-0.2, -0.15) is 0 Å². The second-order valence-corrected chi connectivity index (χ2v) is 12.1. The number of rotatable bonds is 15. The minimum absolute atomic E-state index is 0.210. The van der Waals surface area contributed by atoms with E-state index in [1.807, 2.05) is 0 Å². The SMILES string of the molecule is CCCCCCC1CCC(c2ccc(-c3ccccc3-c3ccc(CCCC(CCC)C(=O)O)cc3)cc2)CC1. The Morgan fingerprint density at radius 2 is 1.35 bits per heavy atom. The molecule has 1 unspecified atom stereocenters. The standard InChI is InChI=1S/C38H50O2/c1-3-5-6-7-12-29-17-21-31(22-18-29)32-25-27-34(28-26-32)37-16-9-8-15-36(37)33-23-19-30(20-24-33)13-10-14-35(11-4-2)38(39)40/h8-9,15-16,19-20,23-29,31,35H,3-7,10-14,17-18,21-22H2,1-2H3,(H,39,40). The first-order chi connectivity index (χ1) is 19.6. The summed E-state index contributed by atoms with van der Waals surface area (Å²) in [5.74, 6) is 0.810. The minimum atomic E-state index is -0.651. The van der Waals surface area contributed by atoms with Gasteiger partial charge in [-0.1, -0.05) is 125 Å². The molecule has 1 saturated carbocycles. The summed E-state index contributed by atoms with van der Waals surface area (Å²) in [5.41, 5.74) is 7.85. The molecule has 2 nitrogen and oxygen atoms in total. The molecule has 0 spiro atoms. The summed E-state index contributed by atoms with van der Waals surface area (Å²) in [6.07, 6.45) is 16.8. The second-order valence-electron chi connectivity index (χ2n) is 12.1. The number of benzene rings is 3. The molecule has 1 atom stereocenters. The van der Waals surface area contributed by atoms with Crippen LogP contribution in [0, 0.1) is 11.8 Å². The topological polar surface area (TPSA) is 37.3 Å². The van der Waals surface area contributed by atoms with Crippen molar-refractivity contribution in [3.05, 3.63) is 83.9 Å². The molecule has 214 valence electrons. The number of carbonyl (C=O) groups is 1. The Hall–Kier alpha value is -2.87. The largest absolute Gasteiger partial charge is 0.481 e. The molecule has 2 heteroatoms. The van der Waals surface area contributed by atoms with Gasteiger partial charge in [-0.05, 0) is 96.6 Å². The molecule has 0 bridgehead atoms. The molecule has 0 aromatic heterocycles. The van der Waals surface area contributed by atoms with Crippen LogP contribution >= 0.6 is 0 Å². The van der Waals surface area contributed by atoms with Gasteiger partial charge in [0.2, 0.25) is 0 Å². The van der Waals surface area contributed by atoms with Gasteiger partial charge in [-0.15, -0.1) is 0 Å². The Kier molecular flexibility index (Phi) is 11.9. The molecule has 1 aliphatic carbocycles. The van der Waals surface area contributed by atoms with E-state index >= 15 is 0 Å². The number of carboxylic acid groups (broad SMARTS) is 1. The van der Waals surface area contributed by atoms with Crippen molar-refractivity contribution >= 4 is 5.97 Å². The van der Waals surface area contributed by atoms with Crippen molar-refractivity contribution in [1.82, 2.24) is 0 Å². The van der Waals surface area contributed by atoms with Gasteiger partial charge in [0, 0.05) is 0 Å². The van der Waals surface area contributed by atoms with Gasteiger partial charge in [0.15, 0.2) is 0 Å². The van der Waals surface area contributed by atoms with Gasteiger partial charge in [0.1, 0.15) is 0 Å². The summed E-state index contributed by atoms with van der Waals surface area (Å²) >= 11 is 0. The van der Waals surface area contributed by atoms with Crippen molar-refractivity contribution in [2.75, 3.05) is 0 Å². The van der Waals surface area contributed by atoms with Crippen molar-refractivity contribution in [2.24, 2.45) is 11.8 Å². The average Bonchev–Trinajstić information content (AvgIpc) is 3.00. The zero-order valence-electron chi connectivity index (χ0n) is 24.9. The van der Waals surface area contributed by atoms with Crippen LogP contribution in [0.25, 0.3) is 22.3 Å². The molecule has 1 fully saturated rings. The number of aryl methyl sites for hydroxylation is 1. The van der Waals surface area contributed by atoms with Crippen molar-refractivity contribution < 1.29 is 9.90 Å². The van der Waals surface area contributed by atoms with Gasteiger partial charge in [0.25, 0.3) is 0 Å². The van der Waals surface area contributed by atoms with Gasteiger partial charge >= 0.3 is 5.97 Å². The molecule has 0 radical (unpaired) electrons. The highest BCUT2D eigenvalue weighted by molar-refractivity contribution is 5.83. The lowest BCUT2D eigenvalue weighted by molar-refractivity contribution is -0.142. The van der Waals surface area contributed by atoms with Crippen LogP contribution in [0.2, 0.25) is 0 Å². The molecule has 1 N–H and O–H groups in total. The predicted octanol–water partition coefficient (Wildman–Crippen LogP) is 11.1. The molecule has 1 aliphatic rings. The number of hydrogen-bond donors (Lipinski definition) is 1. The Morgan fingerprint density at radius 1 is 0.725 bits per heavy atom. The Bertz CT molecular complexity index is 1150. The van der Waals surface area contributed by atoms with Gasteiger partial charge in [0.05, 0.1) is 5.92 Å². The summed E-state index contributed by atoms with van der Waals surface area (Å²) in [4.78, 5) is 11.4. The van der Waals surface area contributed by atoms with E-state index in [-0.39, 0.29) is 5.92 Å². The first-order valence-corrected chi connectivity index (χ1v) is 16.1. The van der Waals surface area contributed by atoms with E-state index in [2.05, 4.69) is 86.6 Å². The fraction of sp³-hybridized carbons (Fsp3) is 0.500. The molecular formula is C38H50O2. The third kappa shape index (κ3) is 8.56. The highest BCUT2D eigenvalue weighted by Gasteiger charge is 2.22. The molecular weight excluding hydrogens is 488 g/mol. The molecule has 40 heavy (non-hydrogen) atoms. The molecule has 0 saturated heterocycles. The fourth-order valence-corrected chi connectivity index (χ4v) is 6.71. The van der Waals surface area contributed by atoms with Crippen LogP contribution in [-0.2, 0) is 11.2 Å². The second kappa shape index (κ2) is 15.8. The van der Waals surface area contributed by atoms with Crippen LogP contribution in [-0.4, -0.2) is 11.1 Å². The Balaban J connectivity index is 1.35. The van der Waals surface area contributed by atoms with Crippen LogP contribution < -0.4 is 0 Å². The predicted molar refractivity (Wildman–Crippen MR) is 170 cm³/mol. The highest BCUT2D eigenvalue weighted by atomic mass is 16.4. The first-order valence-electron chi connectivity index (χ1n) is 16.1. The molecule has 0 aliphatic heterocycles. The normalized spacial score (nSPS) is 17.9. The first kappa shape index (κ1) is 30.1. The van der Waals surface area contributed by atoms with Crippen molar-refractivity contribution in [3.8, 4) is 22.3 Å². The van der Waals surface area contributed by atoms with Crippen molar-refractivity contribution in [3.63, 3.8) is 0 Å². The average molecular weight is 539 g/mol. The maximum absolute atomic E-state index is 11.4. The minimum Gasteiger partial charge on any atom is -0.481 e. The summed E-state index contributed by atoms with van der Waals surface area (Å²) < 4.78 is 0. The molecule has 4 rings (SSSR count). The summed E-state index contributed by atoms with van der Waals surface area (Å²) in [6, 6.07) is 27.0. The maximum Gasteiger partial charge on any atom is 0.306 e. The lowest BCUT2D eigenvalue weighted by Crippen LogP contribution is -2.13. The lowest BCUT2D eigenvalue weighted by Gasteiger charge is -2.29. The third-order valence-electron chi connectivity index (χ3n) is 9.20. The van der Waals surface area contributed by atoms with Gasteiger partial charge < -0.3 is 5.11 Å². The van der Waals surface area contributed by atoms with E-state index < -0.39 is 5.97 Å². The Morgan fingerprint density at radius 3 is 1.93 bits per heavy atom. The molecule has 0 heterocycles. The van der Waals surface area contributed by atoms with E-state index in [1.165, 1.54) is 91.2 Å².